The first-order valence-corrected chi connectivity index (χ1v) is 6.02. The number of rotatable bonds is 5. The average molecular weight is 267 g/mol. The minimum atomic E-state index is -1.02. The van der Waals surface area contributed by atoms with Crippen LogP contribution in [0.1, 0.15) is 15.9 Å². The molecule has 0 spiro atoms. The van der Waals surface area contributed by atoms with Gasteiger partial charge in [0, 0.05) is 29.1 Å². The van der Waals surface area contributed by atoms with Crippen LogP contribution < -0.4 is 5.32 Å². The van der Waals surface area contributed by atoms with Crippen molar-refractivity contribution in [3.8, 4) is 0 Å². The lowest BCUT2D eigenvalue weighted by Gasteiger charge is -2.03. The van der Waals surface area contributed by atoms with Gasteiger partial charge in [0.1, 0.15) is 0 Å². The predicted molar refractivity (Wildman–Crippen MR) is 76.7 cm³/mol. The predicted octanol–water partition coefficient (Wildman–Crippen LogP) is 2.93. The van der Waals surface area contributed by atoms with Gasteiger partial charge in [0.05, 0.1) is 0 Å². The van der Waals surface area contributed by atoms with E-state index in [1.165, 1.54) is 6.20 Å². The summed E-state index contributed by atoms with van der Waals surface area (Å²) in [6, 6.07) is 15.9. The number of benzene rings is 2. The molecule has 0 atom stereocenters. The largest absolute Gasteiger partial charge is 0.478 e. The summed E-state index contributed by atoms with van der Waals surface area (Å²) in [5.74, 6) is -1.06. The first kappa shape index (κ1) is 13.5. The molecule has 0 saturated carbocycles. The Morgan fingerprint density at radius 2 is 1.50 bits per heavy atom. The smallest absolute Gasteiger partial charge is 0.329 e. The van der Waals surface area contributed by atoms with Gasteiger partial charge in [-0.3, -0.25) is 4.79 Å². The molecule has 2 N–H and O–H groups in total. The van der Waals surface area contributed by atoms with Gasteiger partial charge in [0.15, 0.2) is 5.78 Å². The summed E-state index contributed by atoms with van der Waals surface area (Å²) in [4.78, 5) is 22.5. The van der Waals surface area contributed by atoms with Crippen LogP contribution in [0.5, 0.6) is 0 Å². The van der Waals surface area contributed by atoms with Gasteiger partial charge in [0.2, 0.25) is 0 Å². The summed E-state index contributed by atoms with van der Waals surface area (Å²) in [6.07, 6.45) is 2.33. The molecule has 4 heteroatoms. The van der Waals surface area contributed by atoms with Crippen LogP contribution >= 0.6 is 0 Å². The quantitative estimate of drug-likeness (QED) is 0.645. The Morgan fingerprint density at radius 3 is 2.10 bits per heavy atom. The second-order valence-corrected chi connectivity index (χ2v) is 4.09. The molecule has 2 rings (SSSR count). The van der Waals surface area contributed by atoms with Crippen LogP contribution in [0, 0.1) is 0 Å². The number of hydrogen-bond acceptors (Lipinski definition) is 3. The molecule has 0 aliphatic carbocycles. The van der Waals surface area contributed by atoms with Crippen molar-refractivity contribution < 1.29 is 14.7 Å². The number of aliphatic carboxylic acids is 1. The van der Waals surface area contributed by atoms with Crippen LogP contribution in [0.2, 0.25) is 0 Å². The minimum absolute atomic E-state index is 0.0433. The Labute approximate surface area is 116 Å². The van der Waals surface area contributed by atoms with E-state index in [1.54, 1.807) is 36.4 Å². The zero-order chi connectivity index (χ0) is 14.4. The Morgan fingerprint density at radius 1 is 0.900 bits per heavy atom. The molecule has 100 valence electrons. The van der Waals surface area contributed by atoms with E-state index in [4.69, 9.17) is 5.11 Å². The third kappa shape index (κ3) is 3.55. The Hall–Kier alpha value is -2.88. The molecule has 0 saturated heterocycles. The number of hydrogen-bond donors (Lipinski definition) is 2. The van der Waals surface area contributed by atoms with Gasteiger partial charge >= 0.3 is 5.97 Å². The van der Waals surface area contributed by atoms with Crippen molar-refractivity contribution in [3.63, 3.8) is 0 Å². The fourth-order valence-electron chi connectivity index (χ4n) is 1.68. The normalized spacial score (nSPS) is 10.4. The Balaban J connectivity index is 2.08. The number of carboxylic acids is 1. The SMILES string of the molecule is O=C(O)/C=C/Nc1ccc(C(=O)c2ccccc2)cc1. The molecular formula is C16H13NO3. The number of carbonyl (C=O) groups excluding carboxylic acids is 1. The Bertz CT molecular complexity index is 631. The highest BCUT2D eigenvalue weighted by Gasteiger charge is 2.07. The molecule has 0 fully saturated rings. The lowest BCUT2D eigenvalue weighted by molar-refractivity contribution is -0.131. The van der Waals surface area contributed by atoms with Gasteiger partial charge in [-0.15, -0.1) is 0 Å². The van der Waals surface area contributed by atoms with E-state index in [0.29, 0.717) is 16.8 Å². The minimum Gasteiger partial charge on any atom is -0.478 e. The monoisotopic (exact) mass is 267 g/mol. The molecular weight excluding hydrogens is 254 g/mol. The highest BCUT2D eigenvalue weighted by molar-refractivity contribution is 6.09. The molecule has 0 unspecified atom stereocenters. The van der Waals surface area contributed by atoms with E-state index >= 15 is 0 Å². The van der Waals surface area contributed by atoms with E-state index in [1.807, 2.05) is 18.2 Å². The van der Waals surface area contributed by atoms with Crippen LogP contribution in [-0.4, -0.2) is 16.9 Å². The summed E-state index contributed by atoms with van der Waals surface area (Å²) in [5.41, 5.74) is 1.94. The third-order valence-electron chi connectivity index (χ3n) is 2.66. The van der Waals surface area contributed by atoms with E-state index in [0.717, 1.165) is 6.08 Å². The summed E-state index contributed by atoms with van der Waals surface area (Å²) < 4.78 is 0. The first-order chi connectivity index (χ1) is 9.66. The van der Waals surface area contributed by atoms with E-state index in [2.05, 4.69) is 5.32 Å². The zero-order valence-electron chi connectivity index (χ0n) is 10.6. The molecule has 0 aromatic heterocycles. The maximum Gasteiger partial charge on any atom is 0.329 e. The zero-order valence-corrected chi connectivity index (χ0v) is 10.6. The van der Waals surface area contributed by atoms with Crippen LogP contribution in [0.25, 0.3) is 0 Å². The summed E-state index contributed by atoms with van der Waals surface area (Å²) in [6.45, 7) is 0. The molecule has 0 bridgehead atoms. The van der Waals surface area contributed by atoms with Crippen molar-refractivity contribution in [2.75, 3.05) is 5.32 Å². The van der Waals surface area contributed by atoms with Crippen LogP contribution in [-0.2, 0) is 4.79 Å². The number of nitrogens with one attached hydrogen (secondary N) is 1. The molecule has 0 radical (unpaired) electrons. The maximum atomic E-state index is 12.1. The number of carbonyl (C=O) groups is 2. The van der Waals surface area contributed by atoms with Crippen LogP contribution in [0.15, 0.2) is 66.9 Å². The lowest BCUT2D eigenvalue weighted by Crippen LogP contribution is -2.01. The van der Waals surface area contributed by atoms with Crippen molar-refractivity contribution in [1.82, 2.24) is 0 Å². The third-order valence-corrected chi connectivity index (χ3v) is 2.66. The lowest BCUT2D eigenvalue weighted by atomic mass is 10.0. The van der Waals surface area contributed by atoms with E-state index in [9.17, 15) is 9.59 Å². The molecule has 0 heterocycles. The van der Waals surface area contributed by atoms with Gasteiger partial charge in [-0.25, -0.2) is 4.79 Å². The molecule has 4 nitrogen and oxygen atoms in total. The Kier molecular flexibility index (Phi) is 4.29. The highest BCUT2D eigenvalue weighted by atomic mass is 16.4. The first-order valence-electron chi connectivity index (χ1n) is 6.02. The van der Waals surface area contributed by atoms with Gasteiger partial charge in [-0.05, 0) is 24.3 Å². The second-order valence-electron chi connectivity index (χ2n) is 4.09. The van der Waals surface area contributed by atoms with Crippen molar-refractivity contribution >= 4 is 17.4 Å². The summed E-state index contributed by atoms with van der Waals surface area (Å²) in [7, 11) is 0. The molecule has 0 aliphatic rings. The van der Waals surface area contributed by atoms with Gasteiger partial charge < -0.3 is 10.4 Å². The average Bonchev–Trinajstić information content (AvgIpc) is 2.48. The summed E-state index contributed by atoms with van der Waals surface area (Å²) in [5, 5.41) is 11.3. The number of ketones is 1. The van der Waals surface area contributed by atoms with Gasteiger partial charge in [-0.2, -0.15) is 0 Å². The molecule has 0 amide bonds. The molecule has 0 aliphatic heterocycles. The van der Waals surface area contributed by atoms with Crippen molar-refractivity contribution in [2.45, 2.75) is 0 Å². The maximum absolute atomic E-state index is 12.1. The fraction of sp³-hybridized carbons (Fsp3) is 0. The standard InChI is InChI=1S/C16H13NO3/c18-15(19)10-11-17-14-8-6-13(7-9-14)16(20)12-4-2-1-3-5-12/h1-11,17H,(H,18,19)/b11-10+. The van der Waals surface area contributed by atoms with Gasteiger partial charge in [0.25, 0.3) is 0 Å². The summed E-state index contributed by atoms with van der Waals surface area (Å²) >= 11 is 0. The van der Waals surface area contributed by atoms with Crippen molar-refractivity contribution in [3.05, 3.63) is 78.0 Å². The molecule has 2 aromatic rings. The number of anilines is 1. The van der Waals surface area contributed by atoms with Crippen molar-refractivity contribution in [2.24, 2.45) is 0 Å². The van der Waals surface area contributed by atoms with Crippen LogP contribution in [0.3, 0.4) is 0 Å². The van der Waals surface area contributed by atoms with Gasteiger partial charge in [-0.1, -0.05) is 30.3 Å². The van der Waals surface area contributed by atoms with Crippen molar-refractivity contribution in [1.29, 1.82) is 0 Å². The second kappa shape index (κ2) is 6.33. The topological polar surface area (TPSA) is 66.4 Å². The van der Waals surface area contributed by atoms with Crippen LogP contribution in [0.4, 0.5) is 5.69 Å². The van der Waals surface area contributed by atoms with E-state index < -0.39 is 5.97 Å². The molecule has 20 heavy (non-hydrogen) atoms. The highest BCUT2D eigenvalue weighted by Crippen LogP contribution is 2.13. The fourth-order valence-corrected chi connectivity index (χ4v) is 1.68. The molecule has 2 aromatic carbocycles. The number of carboxylic acid groups (broad SMARTS) is 1. The van der Waals surface area contributed by atoms with E-state index in [-0.39, 0.29) is 5.78 Å².